The second-order valence-corrected chi connectivity index (χ2v) is 4.66. The topological polar surface area (TPSA) is 61.3 Å². The fourth-order valence-electron chi connectivity index (χ4n) is 2.76. The highest BCUT2D eigenvalue weighted by atomic mass is 16.5. The highest BCUT2D eigenvalue weighted by Gasteiger charge is 2.27. The van der Waals surface area contributed by atoms with E-state index in [-0.39, 0.29) is 0 Å². The van der Waals surface area contributed by atoms with Crippen molar-refractivity contribution in [3.05, 3.63) is 23.3 Å². The third-order valence-corrected chi connectivity index (χ3v) is 3.53. The van der Waals surface area contributed by atoms with Crippen molar-refractivity contribution >= 4 is 5.69 Å². The molecule has 1 aromatic rings. The van der Waals surface area contributed by atoms with Gasteiger partial charge in [-0.25, -0.2) is 0 Å². The molecule has 0 heterocycles. The molecule has 94 valence electrons. The summed E-state index contributed by atoms with van der Waals surface area (Å²) in [7, 11) is 0. The second kappa shape index (κ2) is 5.41. The minimum atomic E-state index is 0.582. The van der Waals surface area contributed by atoms with E-state index < -0.39 is 0 Å². The van der Waals surface area contributed by atoms with E-state index in [1.165, 1.54) is 17.5 Å². The summed E-state index contributed by atoms with van der Waals surface area (Å²) in [5.41, 5.74) is 15.1. The lowest BCUT2D eigenvalue weighted by Gasteiger charge is -2.17. The average molecular weight is 234 g/mol. The molecule has 0 saturated heterocycles. The van der Waals surface area contributed by atoms with Gasteiger partial charge in [0.25, 0.3) is 0 Å². The number of hydrogen-bond acceptors (Lipinski definition) is 3. The van der Waals surface area contributed by atoms with E-state index >= 15 is 0 Å². The third-order valence-electron chi connectivity index (χ3n) is 3.53. The molecule has 4 N–H and O–H groups in total. The SMILES string of the molecule is CCOc1c(N)ccc2c1C(CCCN)CC2. The Bertz CT molecular complexity index is 390. The monoisotopic (exact) mass is 234 g/mol. The molecule has 0 saturated carbocycles. The van der Waals surface area contributed by atoms with E-state index in [1.807, 2.05) is 13.0 Å². The number of rotatable bonds is 5. The van der Waals surface area contributed by atoms with Gasteiger partial charge in [0.15, 0.2) is 0 Å². The molecule has 0 bridgehead atoms. The summed E-state index contributed by atoms with van der Waals surface area (Å²) in [6.07, 6.45) is 4.57. The van der Waals surface area contributed by atoms with Gasteiger partial charge in [-0.3, -0.25) is 0 Å². The fraction of sp³-hybridized carbons (Fsp3) is 0.571. The van der Waals surface area contributed by atoms with Crippen molar-refractivity contribution < 1.29 is 4.74 Å². The molecule has 1 aliphatic carbocycles. The van der Waals surface area contributed by atoms with Gasteiger partial charge >= 0.3 is 0 Å². The Morgan fingerprint density at radius 3 is 2.94 bits per heavy atom. The van der Waals surface area contributed by atoms with Gasteiger partial charge in [-0.15, -0.1) is 0 Å². The lowest BCUT2D eigenvalue weighted by atomic mass is 9.95. The number of aryl methyl sites for hydroxylation is 1. The summed E-state index contributed by atoms with van der Waals surface area (Å²) in [4.78, 5) is 0. The van der Waals surface area contributed by atoms with Crippen molar-refractivity contribution in [1.29, 1.82) is 0 Å². The number of anilines is 1. The van der Waals surface area contributed by atoms with Crippen molar-refractivity contribution in [2.24, 2.45) is 5.73 Å². The maximum Gasteiger partial charge on any atom is 0.145 e. The zero-order valence-electron chi connectivity index (χ0n) is 10.5. The largest absolute Gasteiger partial charge is 0.491 e. The zero-order chi connectivity index (χ0) is 12.3. The van der Waals surface area contributed by atoms with Gasteiger partial charge in [0.2, 0.25) is 0 Å². The van der Waals surface area contributed by atoms with E-state index in [9.17, 15) is 0 Å². The summed E-state index contributed by atoms with van der Waals surface area (Å²) in [6, 6.07) is 4.12. The summed E-state index contributed by atoms with van der Waals surface area (Å²) >= 11 is 0. The molecule has 17 heavy (non-hydrogen) atoms. The Morgan fingerprint density at radius 1 is 1.41 bits per heavy atom. The van der Waals surface area contributed by atoms with E-state index in [1.54, 1.807) is 0 Å². The van der Waals surface area contributed by atoms with E-state index in [4.69, 9.17) is 16.2 Å². The minimum Gasteiger partial charge on any atom is -0.491 e. The van der Waals surface area contributed by atoms with Crippen molar-refractivity contribution in [3.8, 4) is 5.75 Å². The second-order valence-electron chi connectivity index (χ2n) is 4.66. The Labute approximate surface area is 103 Å². The Morgan fingerprint density at radius 2 is 2.24 bits per heavy atom. The van der Waals surface area contributed by atoms with Gasteiger partial charge in [0.1, 0.15) is 5.75 Å². The Hall–Kier alpha value is -1.22. The Kier molecular flexibility index (Phi) is 3.89. The molecule has 1 aliphatic rings. The molecule has 0 amide bonds. The predicted molar refractivity (Wildman–Crippen MR) is 71.4 cm³/mol. The molecule has 0 aromatic heterocycles. The van der Waals surface area contributed by atoms with Crippen LogP contribution in [0.3, 0.4) is 0 Å². The normalized spacial score (nSPS) is 18.1. The van der Waals surface area contributed by atoms with Crippen molar-refractivity contribution in [2.45, 2.75) is 38.5 Å². The van der Waals surface area contributed by atoms with E-state index in [0.717, 1.165) is 37.2 Å². The van der Waals surface area contributed by atoms with Crippen LogP contribution >= 0.6 is 0 Å². The molecule has 1 aromatic carbocycles. The summed E-state index contributed by atoms with van der Waals surface area (Å²) < 4.78 is 5.73. The minimum absolute atomic E-state index is 0.582. The number of hydrogen-bond donors (Lipinski definition) is 2. The van der Waals surface area contributed by atoms with Crippen LogP contribution in [0.1, 0.15) is 43.2 Å². The van der Waals surface area contributed by atoms with Crippen LogP contribution in [0.25, 0.3) is 0 Å². The number of ether oxygens (including phenoxy) is 1. The number of nitrogens with two attached hydrogens (primary N) is 2. The van der Waals surface area contributed by atoms with Crippen molar-refractivity contribution in [3.63, 3.8) is 0 Å². The number of nitrogen functional groups attached to an aromatic ring is 1. The molecular formula is C14H22N2O. The first-order valence-corrected chi connectivity index (χ1v) is 6.52. The van der Waals surface area contributed by atoms with Crippen LogP contribution in [0.5, 0.6) is 5.75 Å². The molecule has 0 spiro atoms. The standard InChI is InChI=1S/C14H22N2O/c1-2-17-14-12(16)8-7-11-6-5-10(13(11)14)4-3-9-15/h7-8,10H,2-6,9,15-16H2,1H3. The van der Waals surface area contributed by atoms with Crippen LogP contribution in [0.2, 0.25) is 0 Å². The smallest absolute Gasteiger partial charge is 0.145 e. The first kappa shape index (κ1) is 12.2. The molecule has 3 heteroatoms. The summed E-state index contributed by atoms with van der Waals surface area (Å²) in [5, 5.41) is 0. The molecule has 2 rings (SSSR count). The lowest BCUT2D eigenvalue weighted by Crippen LogP contribution is -2.06. The van der Waals surface area contributed by atoms with Crippen LogP contribution < -0.4 is 16.2 Å². The predicted octanol–water partition coefficient (Wildman–Crippen LogP) is 2.44. The van der Waals surface area contributed by atoms with Crippen molar-refractivity contribution in [2.75, 3.05) is 18.9 Å². The first-order chi connectivity index (χ1) is 8.27. The fourth-order valence-corrected chi connectivity index (χ4v) is 2.76. The van der Waals surface area contributed by atoms with Gasteiger partial charge in [0, 0.05) is 5.56 Å². The molecule has 0 radical (unpaired) electrons. The summed E-state index contributed by atoms with van der Waals surface area (Å²) in [6.45, 7) is 3.44. The van der Waals surface area contributed by atoms with Crippen LogP contribution in [0.15, 0.2) is 12.1 Å². The third kappa shape index (κ3) is 2.39. The molecule has 0 aliphatic heterocycles. The maximum absolute atomic E-state index is 6.02. The molecule has 1 atom stereocenters. The van der Waals surface area contributed by atoms with Gasteiger partial charge < -0.3 is 16.2 Å². The Balaban J connectivity index is 2.30. The van der Waals surface area contributed by atoms with Crippen LogP contribution in [0.4, 0.5) is 5.69 Å². The zero-order valence-corrected chi connectivity index (χ0v) is 10.5. The number of fused-ring (bicyclic) bond motifs is 1. The maximum atomic E-state index is 6.02. The quantitative estimate of drug-likeness (QED) is 0.769. The molecule has 0 fully saturated rings. The van der Waals surface area contributed by atoms with Crippen LogP contribution in [-0.4, -0.2) is 13.2 Å². The molecule has 3 nitrogen and oxygen atoms in total. The molecule has 1 unspecified atom stereocenters. The van der Waals surface area contributed by atoms with Crippen LogP contribution in [0, 0.1) is 0 Å². The van der Waals surface area contributed by atoms with Gasteiger partial charge in [-0.05, 0) is 56.7 Å². The highest BCUT2D eigenvalue weighted by molar-refractivity contribution is 5.62. The lowest BCUT2D eigenvalue weighted by molar-refractivity contribution is 0.336. The van der Waals surface area contributed by atoms with E-state index in [2.05, 4.69) is 6.07 Å². The highest BCUT2D eigenvalue weighted by Crippen LogP contribution is 2.44. The van der Waals surface area contributed by atoms with Crippen molar-refractivity contribution in [1.82, 2.24) is 0 Å². The van der Waals surface area contributed by atoms with Gasteiger partial charge in [-0.2, -0.15) is 0 Å². The van der Waals surface area contributed by atoms with Crippen LogP contribution in [-0.2, 0) is 6.42 Å². The first-order valence-electron chi connectivity index (χ1n) is 6.52. The molecular weight excluding hydrogens is 212 g/mol. The van der Waals surface area contributed by atoms with Gasteiger partial charge in [0.05, 0.1) is 12.3 Å². The summed E-state index contributed by atoms with van der Waals surface area (Å²) in [5.74, 6) is 1.50. The van der Waals surface area contributed by atoms with E-state index in [0.29, 0.717) is 12.5 Å². The van der Waals surface area contributed by atoms with Gasteiger partial charge in [-0.1, -0.05) is 6.07 Å². The average Bonchev–Trinajstić information content (AvgIpc) is 2.74. The number of benzene rings is 1.